The predicted octanol–water partition coefficient (Wildman–Crippen LogP) is 1.80. The summed E-state index contributed by atoms with van der Waals surface area (Å²) in [5.41, 5.74) is 0.895. The van der Waals surface area contributed by atoms with Gasteiger partial charge in [-0.2, -0.15) is 0 Å². The van der Waals surface area contributed by atoms with Gasteiger partial charge in [-0.25, -0.2) is 0 Å². The SMILES string of the molecule is O=C(O)CCON=C1CC2C1CC(O)C2C#CC(O)C1CCCCC1. The first-order chi connectivity index (χ1) is 12.1. The van der Waals surface area contributed by atoms with Gasteiger partial charge in [0, 0.05) is 5.92 Å². The molecule has 0 bridgehead atoms. The van der Waals surface area contributed by atoms with Crippen molar-refractivity contribution in [2.45, 2.75) is 63.6 Å². The zero-order valence-electron chi connectivity index (χ0n) is 14.4. The van der Waals surface area contributed by atoms with E-state index >= 15 is 0 Å². The second-order valence-electron chi connectivity index (χ2n) is 7.49. The molecule has 0 aromatic heterocycles. The van der Waals surface area contributed by atoms with Crippen molar-refractivity contribution in [3.63, 3.8) is 0 Å². The van der Waals surface area contributed by atoms with Crippen molar-refractivity contribution in [3.8, 4) is 11.8 Å². The Hall–Kier alpha value is -1.58. The molecule has 3 rings (SSSR count). The summed E-state index contributed by atoms with van der Waals surface area (Å²) in [6, 6.07) is 0. The highest BCUT2D eigenvalue weighted by atomic mass is 16.6. The van der Waals surface area contributed by atoms with Gasteiger partial charge in [-0.3, -0.25) is 4.79 Å². The molecule has 0 aromatic rings. The van der Waals surface area contributed by atoms with E-state index in [1.807, 2.05) is 0 Å². The second kappa shape index (κ2) is 8.20. The van der Waals surface area contributed by atoms with Crippen LogP contribution in [0.3, 0.4) is 0 Å². The lowest BCUT2D eigenvalue weighted by Gasteiger charge is -2.33. The summed E-state index contributed by atoms with van der Waals surface area (Å²) in [6.45, 7) is 0.0651. The lowest BCUT2D eigenvalue weighted by molar-refractivity contribution is -0.138. The number of aliphatic hydroxyl groups excluding tert-OH is 2. The average Bonchev–Trinajstić information content (AvgIpc) is 2.84. The predicted molar refractivity (Wildman–Crippen MR) is 91.7 cm³/mol. The molecule has 25 heavy (non-hydrogen) atoms. The quantitative estimate of drug-likeness (QED) is 0.399. The van der Waals surface area contributed by atoms with Crippen molar-refractivity contribution in [2.75, 3.05) is 6.61 Å². The number of carboxylic acids is 1. The van der Waals surface area contributed by atoms with Gasteiger partial charge in [0.1, 0.15) is 12.7 Å². The van der Waals surface area contributed by atoms with E-state index in [-0.39, 0.29) is 36.7 Å². The van der Waals surface area contributed by atoms with Crippen LogP contribution < -0.4 is 0 Å². The van der Waals surface area contributed by atoms with Crippen molar-refractivity contribution >= 4 is 11.7 Å². The minimum Gasteiger partial charge on any atom is -0.481 e. The third-order valence-electron chi connectivity index (χ3n) is 5.84. The molecule has 5 atom stereocenters. The van der Waals surface area contributed by atoms with Gasteiger partial charge in [0.2, 0.25) is 0 Å². The number of hydrogen-bond acceptors (Lipinski definition) is 5. The molecule has 5 unspecified atom stereocenters. The third kappa shape index (κ3) is 4.34. The smallest absolute Gasteiger partial charge is 0.306 e. The van der Waals surface area contributed by atoms with E-state index in [0.717, 1.165) is 25.0 Å². The summed E-state index contributed by atoms with van der Waals surface area (Å²) in [7, 11) is 0. The number of oxime groups is 1. The molecule has 3 N–H and O–H groups in total. The number of carboxylic acid groups (broad SMARTS) is 1. The van der Waals surface area contributed by atoms with Gasteiger partial charge < -0.3 is 20.2 Å². The van der Waals surface area contributed by atoms with Crippen molar-refractivity contribution in [2.24, 2.45) is 28.8 Å². The molecule has 0 amide bonds. The molecule has 0 heterocycles. The fraction of sp³-hybridized carbons (Fsp3) is 0.789. The second-order valence-corrected chi connectivity index (χ2v) is 7.49. The van der Waals surface area contributed by atoms with Crippen LogP contribution in [0.5, 0.6) is 0 Å². The van der Waals surface area contributed by atoms with Gasteiger partial charge in [0.15, 0.2) is 0 Å². The molecule has 3 fully saturated rings. The van der Waals surface area contributed by atoms with Crippen LogP contribution in [0.15, 0.2) is 5.16 Å². The van der Waals surface area contributed by atoms with E-state index in [1.165, 1.54) is 19.3 Å². The monoisotopic (exact) mass is 349 g/mol. The minimum absolute atomic E-state index is 0.0651. The molecule has 0 saturated heterocycles. The Kier molecular flexibility index (Phi) is 5.98. The topological polar surface area (TPSA) is 99.4 Å². The summed E-state index contributed by atoms with van der Waals surface area (Å²) in [6.07, 6.45) is 5.87. The Morgan fingerprint density at radius 3 is 2.80 bits per heavy atom. The van der Waals surface area contributed by atoms with E-state index in [2.05, 4.69) is 17.0 Å². The maximum absolute atomic E-state index is 10.4. The molecule has 3 aliphatic carbocycles. The van der Waals surface area contributed by atoms with Crippen LogP contribution in [-0.2, 0) is 9.63 Å². The maximum Gasteiger partial charge on any atom is 0.306 e. The first kappa shape index (κ1) is 18.2. The minimum atomic E-state index is -0.908. The van der Waals surface area contributed by atoms with E-state index in [1.54, 1.807) is 0 Å². The molecular weight excluding hydrogens is 322 g/mol. The molecule has 6 nitrogen and oxygen atoms in total. The zero-order valence-corrected chi connectivity index (χ0v) is 14.4. The highest BCUT2D eigenvalue weighted by molar-refractivity contribution is 5.93. The first-order valence-corrected chi connectivity index (χ1v) is 9.34. The van der Waals surface area contributed by atoms with Crippen LogP contribution >= 0.6 is 0 Å². The summed E-state index contributed by atoms with van der Waals surface area (Å²) >= 11 is 0. The summed E-state index contributed by atoms with van der Waals surface area (Å²) < 4.78 is 0. The summed E-state index contributed by atoms with van der Waals surface area (Å²) in [4.78, 5) is 15.5. The number of nitrogens with zero attached hydrogens (tertiary/aromatic N) is 1. The van der Waals surface area contributed by atoms with Crippen LogP contribution in [0, 0.1) is 35.5 Å². The maximum atomic E-state index is 10.4. The van der Waals surface area contributed by atoms with Gasteiger partial charge in [-0.15, -0.1) is 0 Å². The molecule has 138 valence electrons. The molecule has 0 aromatic carbocycles. The van der Waals surface area contributed by atoms with Gasteiger partial charge in [-0.05, 0) is 37.5 Å². The average molecular weight is 349 g/mol. The lowest BCUT2D eigenvalue weighted by atomic mass is 9.71. The lowest BCUT2D eigenvalue weighted by Crippen LogP contribution is -2.36. The van der Waals surface area contributed by atoms with E-state index in [0.29, 0.717) is 6.42 Å². The van der Waals surface area contributed by atoms with Crippen LogP contribution in [-0.4, -0.2) is 45.8 Å². The van der Waals surface area contributed by atoms with Crippen LogP contribution in [0.1, 0.15) is 51.4 Å². The molecular formula is C19H27NO5. The van der Waals surface area contributed by atoms with Crippen LogP contribution in [0.2, 0.25) is 0 Å². The highest BCUT2D eigenvalue weighted by Gasteiger charge is 2.51. The molecule has 0 radical (unpaired) electrons. The Bertz CT molecular complexity index is 572. The fourth-order valence-corrected chi connectivity index (χ4v) is 4.32. The number of aliphatic hydroxyl groups is 2. The van der Waals surface area contributed by atoms with Crippen molar-refractivity contribution < 1.29 is 25.0 Å². The Balaban J connectivity index is 1.51. The first-order valence-electron chi connectivity index (χ1n) is 9.34. The number of hydrogen-bond donors (Lipinski definition) is 3. The number of fused-ring (bicyclic) bond motifs is 1. The largest absolute Gasteiger partial charge is 0.481 e. The Morgan fingerprint density at radius 1 is 1.32 bits per heavy atom. The van der Waals surface area contributed by atoms with E-state index in [4.69, 9.17) is 9.94 Å². The summed E-state index contributed by atoms with van der Waals surface area (Å²) in [5, 5.41) is 33.2. The number of rotatable bonds is 5. The van der Waals surface area contributed by atoms with Crippen LogP contribution in [0.4, 0.5) is 0 Å². The van der Waals surface area contributed by atoms with Crippen molar-refractivity contribution in [1.82, 2.24) is 0 Å². The van der Waals surface area contributed by atoms with Gasteiger partial charge >= 0.3 is 5.97 Å². The summed E-state index contributed by atoms with van der Waals surface area (Å²) in [5.74, 6) is 5.83. The normalized spacial score (nSPS) is 34.6. The highest BCUT2D eigenvalue weighted by Crippen LogP contribution is 2.48. The third-order valence-corrected chi connectivity index (χ3v) is 5.84. The van der Waals surface area contributed by atoms with E-state index < -0.39 is 18.2 Å². The van der Waals surface area contributed by atoms with E-state index in [9.17, 15) is 15.0 Å². The molecule has 3 aliphatic rings. The molecule has 6 heteroatoms. The Labute approximate surface area is 148 Å². The zero-order chi connectivity index (χ0) is 17.8. The number of aliphatic carboxylic acids is 1. The Morgan fingerprint density at radius 2 is 2.08 bits per heavy atom. The molecule has 0 spiro atoms. The molecule has 0 aliphatic heterocycles. The van der Waals surface area contributed by atoms with Crippen LogP contribution in [0.25, 0.3) is 0 Å². The standard InChI is InChI=1S/C19H27NO5/c21-17(12-4-2-1-3-5-12)7-6-13-14-10-16(15(14)11-18(13)22)20-25-9-8-19(23)24/h12-15,17-18,21-22H,1-5,8-11H2,(H,23,24). The fourth-order valence-electron chi connectivity index (χ4n) is 4.32. The van der Waals surface area contributed by atoms with Gasteiger partial charge in [0.05, 0.1) is 24.2 Å². The van der Waals surface area contributed by atoms with Crippen molar-refractivity contribution in [3.05, 3.63) is 0 Å². The number of carbonyl (C=O) groups is 1. The van der Waals surface area contributed by atoms with Crippen molar-refractivity contribution in [1.29, 1.82) is 0 Å². The molecule has 3 saturated carbocycles. The van der Waals surface area contributed by atoms with Gasteiger partial charge in [0.25, 0.3) is 0 Å². The van der Waals surface area contributed by atoms with Gasteiger partial charge in [-0.1, -0.05) is 36.3 Å².